The number of hydrogen-bond acceptors (Lipinski definition) is 3. The van der Waals surface area contributed by atoms with Crippen LogP contribution in [0.4, 0.5) is 11.4 Å². The first kappa shape index (κ1) is 28.9. The smallest absolute Gasteiger partial charge is 0.338 e. The molecule has 2 aliphatic carbocycles. The molecule has 42 heavy (non-hydrogen) atoms. The van der Waals surface area contributed by atoms with E-state index >= 15 is 0 Å². The van der Waals surface area contributed by atoms with E-state index in [0.29, 0.717) is 17.2 Å². The van der Waals surface area contributed by atoms with Gasteiger partial charge < -0.3 is 9.64 Å². The molecule has 0 heterocycles. The molecule has 0 spiro atoms. The molecule has 0 amide bonds. The van der Waals surface area contributed by atoms with Crippen LogP contribution in [0.2, 0.25) is 0 Å². The summed E-state index contributed by atoms with van der Waals surface area (Å²) in [4.78, 5) is 14.4. The maximum atomic E-state index is 12.0. The molecule has 0 fully saturated rings. The highest BCUT2D eigenvalue weighted by Crippen LogP contribution is 2.35. The minimum Gasteiger partial charge on any atom is -0.423 e. The number of ether oxygens (including phenoxy) is 1. The van der Waals surface area contributed by atoms with Crippen molar-refractivity contribution in [2.24, 2.45) is 5.92 Å². The first-order chi connectivity index (χ1) is 20.3. The number of rotatable bonds is 8. The predicted molar refractivity (Wildman–Crippen MR) is 177 cm³/mol. The number of allylic oxidation sites excluding steroid dienone is 7. The van der Waals surface area contributed by atoms with Crippen LogP contribution in [0.15, 0.2) is 133 Å². The molecule has 2 atom stereocenters. The van der Waals surface area contributed by atoms with Crippen LogP contribution in [-0.2, 0) is 4.79 Å². The quantitative estimate of drug-likeness (QED) is 0.120. The van der Waals surface area contributed by atoms with Gasteiger partial charge in [-0.1, -0.05) is 97.5 Å². The zero-order chi connectivity index (χ0) is 29.6. The van der Waals surface area contributed by atoms with Crippen LogP contribution in [0.3, 0.4) is 0 Å². The van der Waals surface area contributed by atoms with Gasteiger partial charge in [0.15, 0.2) is 0 Å². The number of esters is 1. The van der Waals surface area contributed by atoms with Gasteiger partial charge in [-0.25, -0.2) is 4.79 Å². The zero-order valence-electron chi connectivity index (χ0n) is 25.0. The molecule has 0 N–H and O–H groups in total. The molecule has 0 bridgehead atoms. The zero-order valence-corrected chi connectivity index (χ0v) is 25.0. The first-order valence-electron chi connectivity index (χ1n) is 14.7. The minimum atomic E-state index is -0.417. The summed E-state index contributed by atoms with van der Waals surface area (Å²) in [5.41, 5.74) is 9.80. The fraction of sp³-hybridized carbons (Fsp3) is 0.205. The van der Waals surface area contributed by atoms with Gasteiger partial charge in [0.05, 0.1) is 6.04 Å². The van der Waals surface area contributed by atoms with Gasteiger partial charge in [0.2, 0.25) is 0 Å². The molecule has 3 heteroatoms. The summed E-state index contributed by atoms with van der Waals surface area (Å²) in [6.07, 6.45) is 17.9. The number of carbonyl (C=O) groups excluding carboxylic acids is 1. The Labute approximate surface area is 250 Å². The predicted octanol–water partition coefficient (Wildman–Crippen LogP) is 9.95. The number of nitrogens with zero attached hydrogens (tertiary/aromatic N) is 1. The Morgan fingerprint density at radius 1 is 0.905 bits per heavy atom. The van der Waals surface area contributed by atoms with Crippen LogP contribution in [0.1, 0.15) is 50.3 Å². The van der Waals surface area contributed by atoms with Crippen molar-refractivity contribution in [1.29, 1.82) is 0 Å². The summed E-state index contributed by atoms with van der Waals surface area (Å²) >= 11 is 0. The topological polar surface area (TPSA) is 29.5 Å². The molecule has 0 saturated carbocycles. The summed E-state index contributed by atoms with van der Waals surface area (Å²) in [6.45, 7) is 11.8. The molecule has 3 nitrogen and oxygen atoms in total. The van der Waals surface area contributed by atoms with Crippen molar-refractivity contribution in [3.8, 4) is 5.75 Å². The van der Waals surface area contributed by atoms with Crippen LogP contribution in [0.25, 0.3) is 11.6 Å². The van der Waals surface area contributed by atoms with Crippen LogP contribution in [0.5, 0.6) is 5.75 Å². The lowest BCUT2D eigenvalue weighted by Gasteiger charge is -2.33. The van der Waals surface area contributed by atoms with E-state index in [9.17, 15) is 4.79 Å². The number of benzene rings is 3. The molecule has 2 aliphatic rings. The Bertz CT molecular complexity index is 1600. The summed E-state index contributed by atoms with van der Waals surface area (Å²) in [6, 6.07) is 25.6. The lowest BCUT2D eigenvalue weighted by Crippen LogP contribution is -2.30. The normalized spacial score (nSPS) is 18.2. The average molecular weight is 554 g/mol. The van der Waals surface area contributed by atoms with Crippen LogP contribution < -0.4 is 9.64 Å². The summed E-state index contributed by atoms with van der Waals surface area (Å²) < 4.78 is 5.43. The highest BCUT2D eigenvalue weighted by molar-refractivity contribution is 5.93. The second kappa shape index (κ2) is 12.9. The minimum absolute atomic E-state index is 0.255. The summed E-state index contributed by atoms with van der Waals surface area (Å²) in [5, 5.41) is 0. The first-order valence-corrected chi connectivity index (χ1v) is 14.7. The molecule has 5 rings (SSSR count). The van der Waals surface area contributed by atoms with Gasteiger partial charge in [-0.15, -0.1) is 0 Å². The van der Waals surface area contributed by atoms with Crippen molar-refractivity contribution < 1.29 is 9.53 Å². The van der Waals surface area contributed by atoms with Crippen molar-refractivity contribution in [3.63, 3.8) is 0 Å². The van der Waals surface area contributed by atoms with Crippen LogP contribution in [0, 0.1) is 12.8 Å². The van der Waals surface area contributed by atoms with Gasteiger partial charge in [0.25, 0.3) is 0 Å². The third-order valence-electron chi connectivity index (χ3n) is 7.69. The maximum absolute atomic E-state index is 12.0. The molecule has 0 saturated heterocycles. The van der Waals surface area contributed by atoms with Crippen molar-refractivity contribution in [2.75, 3.05) is 4.90 Å². The van der Waals surface area contributed by atoms with Crippen molar-refractivity contribution in [3.05, 3.63) is 149 Å². The number of aryl methyl sites for hydroxylation is 1. The van der Waals surface area contributed by atoms with Crippen LogP contribution in [-0.4, -0.2) is 12.0 Å². The van der Waals surface area contributed by atoms with E-state index in [2.05, 4.69) is 123 Å². The molecule has 0 radical (unpaired) electrons. The molecule has 0 aromatic heterocycles. The van der Waals surface area contributed by atoms with E-state index in [0.717, 1.165) is 35.2 Å². The fourth-order valence-corrected chi connectivity index (χ4v) is 5.29. The number of hydrogen-bond donors (Lipinski definition) is 0. The van der Waals surface area contributed by atoms with Crippen molar-refractivity contribution in [1.82, 2.24) is 0 Å². The van der Waals surface area contributed by atoms with Gasteiger partial charge in [-0.2, -0.15) is 0 Å². The van der Waals surface area contributed by atoms with Gasteiger partial charge >= 0.3 is 5.97 Å². The maximum Gasteiger partial charge on any atom is 0.338 e. The molecule has 3 aromatic carbocycles. The Kier molecular flexibility index (Phi) is 8.88. The van der Waals surface area contributed by atoms with Gasteiger partial charge in [-0.3, -0.25) is 0 Å². The van der Waals surface area contributed by atoms with Crippen molar-refractivity contribution in [2.45, 2.75) is 46.6 Å². The van der Waals surface area contributed by atoms with E-state index in [4.69, 9.17) is 4.74 Å². The van der Waals surface area contributed by atoms with E-state index in [1.165, 1.54) is 22.4 Å². The lowest BCUT2D eigenvalue weighted by atomic mass is 9.89. The highest BCUT2D eigenvalue weighted by atomic mass is 16.5. The largest absolute Gasteiger partial charge is 0.423 e. The van der Waals surface area contributed by atoms with Gasteiger partial charge in [0.1, 0.15) is 5.75 Å². The van der Waals surface area contributed by atoms with E-state index < -0.39 is 5.97 Å². The third-order valence-corrected chi connectivity index (χ3v) is 7.69. The van der Waals surface area contributed by atoms with Gasteiger partial charge in [-0.05, 0) is 104 Å². The Morgan fingerprint density at radius 2 is 1.57 bits per heavy atom. The molecule has 3 aromatic rings. The number of carbonyl (C=O) groups is 1. The summed E-state index contributed by atoms with van der Waals surface area (Å²) in [7, 11) is 0. The SMILES string of the molecule is C=C(C)C(=O)Oc1ccc(C(=Cc2ccc(N(c3ccc(C)cc3)C3C=CC(C)=CC3)cc2)C2=CC(C)CC=C2)cc1. The van der Waals surface area contributed by atoms with Crippen molar-refractivity contribution >= 4 is 29.0 Å². The standard InChI is InChI=1S/C39H39NO2/c1-27(2)39(41)42-37-23-15-32(16-24-37)38(33-8-6-7-30(5)25-33)26-31-13-21-36(22-14-31)40(34-17-9-28(3)10-18-34)35-19-11-29(4)12-20-35/h6,8-19,21-26,30,35H,1,7,20H2,2-5H3. The van der Waals surface area contributed by atoms with Gasteiger partial charge in [0, 0.05) is 16.9 Å². The Balaban J connectivity index is 1.48. The van der Waals surface area contributed by atoms with E-state index in [-0.39, 0.29) is 6.04 Å². The highest BCUT2D eigenvalue weighted by Gasteiger charge is 2.20. The Morgan fingerprint density at radius 3 is 2.17 bits per heavy atom. The van der Waals surface area contributed by atoms with Crippen LogP contribution >= 0.6 is 0 Å². The summed E-state index contributed by atoms with van der Waals surface area (Å²) in [5.74, 6) is 0.561. The molecular weight excluding hydrogens is 514 g/mol. The second-order valence-electron chi connectivity index (χ2n) is 11.4. The second-order valence-corrected chi connectivity index (χ2v) is 11.4. The molecule has 2 unspecified atom stereocenters. The van der Waals surface area contributed by atoms with E-state index in [1.807, 2.05) is 24.3 Å². The van der Waals surface area contributed by atoms with E-state index in [1.54, 1.807) is 6.92 Å². The number of anilines is 2. The lowest BCUT2D eigenvalue weighted by molar-refractivity contribution is -0.130. The monoisotopic (exact) mass is 553 g/mol. The molecule has 0 aliphatic heterocycles. The molecular formula is C39H39NO2. The average Bonchev–Trinajstić information content (AvgIpc) is 2.99. The molecule has 212 valence electrons. The Hall–Kier alpha value is -4.63. The fourth-order valence-electron chi connectivity index (χ4n) is 5.29. The third kappa shape index (κ3) is 6.98.